The number of hydrogen-bond donors (Lipinski definition) is 7. The van der Waals surface area contributed by atoms with Crippen molar-refractivity contribution >= 4 is 29.8 Å². The van der Waals surface area contributed by atoms with Gasteiger partial charge in [0.05, 0.1) is 13.1 Å². The molecule has 5 atom stereocenters. The van der Waals surface area contributed by atoms with E-state index in [1.165, 1.54) is 4.90 Å². The lowest BCUT2D eigenvalue weighted by Gasteiger charge is -2.46. The van der Waals surface area contributed by atoms with Crippen molar-refractivity contribution in [1.29, 1.82) is 0 Å². The number of hydrogen-bond acceptors (Lipinski definition) is 10. The summed E-state index contributed by atoms with van der Waals surface area (Å²) in [4.78, 5) is 49.7. The minimum absolute atomic E-state index is 0.0225. The second kappa shape index (κ2) is 9.09. The minimum atomic E-state index is -2.56. The highest BCUT2D eigenvalue weighted by Crippen LogP contribution is 2.41. The third-order valence-electron chi connectivity index (χ3n) is 8.69. The molecule has 0 aliphatic carbocycles. The van der Waals surface area contributed by atoms with Gasteiger partial charge in [0.15, 0.2) is 12.0 Å². The molecule has 4 amide bonds. The molecule has 5 heterocycles. The second-order valence-corrected chi connectivity index (χ2v) is 10.9. The zero-order valence-electron chi connectivity index (χ0n) is 21.4. The van der Waals surface area contributed by atoms with Crippen LogP contribution in [0.2, 0.25) is 0 Å². The Kier molecular flexibility index (Phi) is 5.91. The third-order valence-corrected chi connectivity index (χ3v) is 8.69. The van der Waals surface area contributed by atoms with Gasteiger partial charge in [-0.05, 0) is 18.4 Å². The van der Waals surface area contributed by atoms with Gasteiger partial charge in [-0.1, -0.05) is 30.3 Å². The molecule has 14 nitrogen and oxygen atoms in total. The van der Waals surface area contributed by atoms with Crippen LogP contribution in [0.1, 0.15) is 37.2 Å². The summed E-state index contributed by atoms with van der Waals surface area (Å²) in [7, 11) is 0. The third kappa shape index (κ3) is 3.88. The zero-order valence-corrected chi connectivity index (χ0v) is 21.4. The molecule has 1 aromatic carbocycles. The molecule has 3 fully saturated rings. The number of rotatable bonds is 4. The number of aliphatic hydroxyl groups is 2. The van der Waals surface area contributed by atoms with Gasteiger partial charge in [-0.15, -0.1) is 0 Å². The number of carbonyl (C=O) groups excluding carboxylic acids is 3. The summed E-state index contributed by atoms with van der Waals surface area (Å²) >= 11 is 0. The molecule has 1 spiro atoms. The molecule has 0 radical (unpaired) electrons. The smallest absolute Gasteiger partial charge is 0.343 e. The van der Waals surface area contributed by atoms with E-state index in [1.807, 2.05) is 30.3 Å². The van der Waals surface area contributed by atoms with Crippen molar-refractivity contribution < 1.29 is 29.6 Å². The number of likely N-dealkylation sites (tertiary alicyclic amines) is 2. The normalized spacial score (nSPS) is 33.3. The van der Waals surface area contributed by atoms with Gasteiger partial charge in [0, 0.05) is 31.8 Å². The van der Waals surface area contributed by atoms with E-state index in [-0.39, 0.29) is 55.6 Å². The van der Waals surface area contributed by atoms with Gasteiger partial charge >= 0.3 is 12.0 Å². The number of aliphatic imine (C=N–C) groups is 1. The number of benzene rings is 1. The van der Waals surface area contributed by atoms with Crippen LogP contribution in [0.5, 0.6) is 0 Å². The molecule has 0 saturated carbocycles. The maximum absolute atomic E-state index is 13.4. The number of carbonyl (C=O) groups is 3. The Labute approximate surface area is 224 Å². The highest BCUT2D eigenvalue weighted by Gasteiger charge is 2.76. The van der Waals surface area contributed by atoms with Crippen LogP contribution in [0.3, 0.4) is 0 Å². The summed E-state index contributed by atoms with van der Waals surface area (Å²) in [6, 6.07) is 6.74. The van der Waals surface area contributed by atoms with E-state index in [1.54, 1.807) is 4.90 Å². The molecule has 39 heavy (non-hydrogen) atoms. The lowest BCUT2D eigenvalue weighted by Crippen LogP contribution is -2.90. The Bertz CT molecular complexity index is 1240. The number of nitrogens with one attached hydrogen (secondary N) is 3. The highest BCUT2D eigenvalue weighted by molar-refractivity contribution is 6.02. The Morgan fingerprint density at radius 1 is 1.15 bits per heavy atom. The monoisotopic (exact) mass is 540 g/mol. The van der Waals surface area contributed by atoms with Crippen molar-refractivity contribution in [3.8, 4) is 0 Å². The maximum atomic E-state index is 13.4. The second-order valence-electron chi connectivity index (χ2n) is 10.9. The first kappa shape index (κ1) is 25.4. The Hall–Kier alpha value is -3.91. The largest absolute Gasteiger partial charge is 0.370 e. The molecule has 208 valence electrons. The van der Waals surface area contributed by atoms with Crippen molar-refractivity contribution in [3.05, 3.63) is 35.9 Å². The fraction of sp³-hybridized carbons (Fsp3) is 0.560. The van der Waals surface area contributed by atoms with Crippen LogP contribution in [-0.2, 0) is 9.59 Å². The van der Waals surface area contributed by atoms with Gasteiger partial charge in [0.2, 0.25) is 17.6 Å². The van der Waals surface area contributed by atoms with Gasteiger partial charge in [-0.2, -0.15) is 0 Å². The lowest BCUT2D eigenvalue weighted by atomic mass is 9.85. The predicted molar refractivity (Wildman–Crippen MR) is 137 cm³/mol. The molecule has 3 saturated heterocycles. The fourth-order valence-corrected chi connectivity index (χ4v) is 6.73. The van der Waals surface area contributed by atoms with Crippen molar-refractivity contribution in [1.82, 2.24) is 25.3 Å². The number of amides is 4. The van der Waals surface area contributed by atoms with Crippen LogP contribution in [0.15, 0.2) is 35.3 Å². The first-order valence-electron chi connectivity index (χ1n) is 13.3. The molecule has 14 heteroatoms. The summed E-state index contributed by atoms with van der Waals surface area (Å²) in [6.07, 6.45) is 2.02. The summed E-state index contributed by atoms with van der Waals surface area (Å²) in [5, 5.41) is 29.1. The van der Waals surface area contributed by atoms with Crippen LogP contribution in [-0.4, -0.2) is 110 Å². The number of imide groups is 1. The van der Waals surface area contributed by atoms with Gasteiger partial charge < -0.3 is 26.2 Å². The van der Waals surface area contributed by atoms with E-state index in [0.717, 1.165) is 23.3 Å². The average molecular weight is 541 g/mol. The van der Waals surface area contributed by atoms with Crippen molar-refractivity contribution in [3.63, 3.8) is 0 Å². The van der Waals surface area contributed by atoms with E-state index in [2.05, 4.69) is 20.6 Å². The molecule has 1 unspecified atom stereocenters. The van der Waals surface area contributed by atoms with Gasteiger partial charge in [0.1, 0.15) is 12.1 Å². The number of urea groups is 1. The fourth-order valence-electron chi connectivity index (χ4n) is 6.73. The summed E-state index contributed by atoms with van der Waals surface area (Å²) in [5.74, 6) is -2.98. The molecule has 0 aromatic heterocycles. The summed E-state index contributed by atoms with van der Waals surface area (Å²) in [6.45, 7) is 0.903. The van der Waals surface area contributed by atoms with E-state index < -0.39 is 35.6 Å². The van der Waals surface area contributed by atoms with Gasteiger partial charge in [0.25, 0.3) is 5.66 Å². The van der Waals surface area contributed by atoms with Crippen LogP contribution >= 0.6 is 0 Å². The first-order valence-corrected chi connectivity index (χ1v) is 13.3. The molecule has 1 aromatic rings. The van der Waals surface area contributed by atoms with Gasteiger partial charge in [-0.25, -0.2) is 15.1 Å². The lowest BCUT2D eigenvalue weighted by molar-refractivity contribution is -0.521. The SMILES string of the molecule is NC1=N[C@@H](CN2C(=O)CCC2=O)[C@@H]2[NH+]=C(N)N[C@]23N1C[C@H](NC(=O)N1CCCC(c2ccccc2)C1)C3(O)O. The molecule has 5 aliphatic heterocycles. The van der Waals surface area contributed by atoms with Crippen LogP contribution in [0.25, 0.3) is 0 Å². The van der Waals surface area contributed by atoms with Crippen molar-refractivity contribution in [2.75, 3.05) is 26.2 Å². The zero-order chi connectivity index (χ0) is 27.5. The molecule has 6 rings (SSSR count). The predicted octanol–water partition coefficient (Wildman–Crippen LogP) is -4.15. The van der Waals surface area contributed by atoms with E-state index in [4.69, 9.17) is 11.5 Å². The van der Waals surface area contributed by atoms with Crippen LogP contribution in [0.4, 0.5) is 4.79 Å². The molecule has 0 bridgehead atoms. The number of nitrogens with two attached hydrogens (primary N) is 2. The Morgan fingerprint density at radius 2 is 1.87 bits per heavy atom. The average Bonchev–Trinajstić information content (AvgIpc) is 3.52. The van der Waals surface area contributed by atoms with Gasteiger partial charge in [-0.3, -0.25) is 30.1 Å². The van der Waals surface area contributed by atoms with E-state index in [9.17, 15) is 24.6 Å². The Balaban J connectivity index is 1.23. The molecule has 5 aliphatic rings. The molecule has 9 N–H and O–H groups in total. The topological polar surface area (TPSA) is 204 Å². The maximum Gasteiger partial charge on any atom is 0.343 e. The van der Waals surface area contributed by atoms with E-state index in [0.29, 0.717) is 13.1 Å². The quantitative estimate of drug-likeness (QED) is 0.146. The highest BCUT2D eigenvalue weighted by atomic mass is 16.5. The van der Waals surface area contributed by atoms with Crippen molar-refractivity contribution in [2.45, 2.75) is 61.2 Å². The molecular weight excluding hydrogens is 506 g/mol. The van der Waals surface area contributed by atoms with Crippen molar-refractivity contribution in [2.24, 2.45) is 16.5 Å². The van der Waals surface area contributed by atoms with E-state index >= 15 is 0 Å². The first-order chi connectivity index (χ1) is 18.6. The molecular formula is C25H34N9O5+. The number of guanidine groups is 2. The number of nitrogens with zero attached hydrogens (tertiary/aromatic N) is 4. The van der Waals surface area contributed by atoms with Crippen LogP contribution in [0, 0.1) is 0 Å². The summed E-state index contributed by atoms with van der Waals surface area (Å²) < 4.78 is 0. The summed E-state index contributed by atoms with van der Waals surface area (Å²) in [5.41, 5.74) is 11.9. The Morgan fingerprint density at radius 3 is 2.59 bits per heavy atom. The number of piperidine rings is 1. The van der Waals surface area contributed by atoms with Crippen LogP contribution < -0.4 is 27.1 Å². The minimum Gasteiger partial charge on any atom is -0.370 e. The standard InChI is InChI=1S/C25H33N9O5/c26-21-30-20-16(12-33-18(35)8-9-19(33)36)28-22(27)34-13-17(25(38,39)24(20,34)31-21)29-23(37)32-10-4-7-15(11-32)14-5-2-1-3-6-14/h1-3,5-6,15-17,20,38-39H,4,7-13H2,(H2,27,28)(H,29,37)(H3,26,30,31)/p+1/t15?,16-,17-,20-,24-/m0/s1.